The second-order valence-electron chi connectivity index (χ2n) is 7.42. The summed E-state index contributed by atoms with van der Waals surface area (Å²) in [6, 6.07) is 6.84. The van der Waals surface area contributed by atoms with Crippen molar-refractivity contribution >= 4 is 5.84 Å². The summed E-state index contributed by atoms with van der Waals surface area (Å²) in [6.45, 7) is 14.1. The summed E-state index contributed by atoms with van der Waals surface area (Å²) in [5.41, 5.74) is 5.67. The molecule has 2 nitrogen and oxygen atoms in total. The van der Waals surface area contributed by atoms with Crippen molar-refractivity contribution in [3.8, 4) is 0 Å². The van der Waals surface area contributed by atoms with Gasteiger partial charge in [0.05, 0.1) is 6.54 Å². The van der Waals surface area contributed by atoms with Gasteiger partial charge in [0.25, 0.3) is 0 Å². The smallest absolute Gasteiger partial charge is 0.132 e. The van der Waals surface area contributed by atoms with Crippen LogP contribution < -0.4 is 5.32 Å². The van der Waals surface area contributed by atoms with Gasteiger partial charge < -0.3 is 5.32 Å². The molecular formula is C18H24N2. The molecule has 0 atom stereocenters. The van der Waals surface area contributed by atoms with Gasteiger partial charge in [-0.2, -0.15) is 0 Å². The molecule has 0 amide bonds. The third kappa shape index (κ3) is 2.07. The molecule has 2 aliphatic rings. The SMILES string of the molecule is C=C1CN=C(c2ccc3c(c2)C(C)(C)CCC3(C)C)N1. The molecule has 0 bridgehead atoms. The third-order valence-corrected chi connectivity index (χ3v) is 4.85. The highest BCUT2D eigenvalue weighted by atomic mass is 15.1. The van der Waals surface area contributed by atoms with Gasteiger partial charge in [-0.25, -0.2) is 0 Å². The minimum absolute atomic E-state index is 0.247. The minimum atomic E-state index is 0.247. The number of aliphatic imine (C=N–C) groups is 1. The highest BCUT2D eigenvalue weighted by Crippen LogP contribution is 2.45. The molecule has 1 aliphatic carbocycles. The number of fused-ring (bicyclic) bond motifs is 1. The second kappa shape index (κ2) is 4.21. The lowest BCUT2D eigenvalue weighted by Gasteiger charge is -2.42. The van der Waals surface area contributed by atoms with Gasteiger partial charge in [0.2, 0.25) is 0 Å². The standard InChI is InChI=1S/C18H24N2/c1-12-11-19-16(20-12)13-6-7-14-15(10-13)18(4,5)9-8-17(14,2)3/h6-7,10H,1,8-9,11H2,2-5H3,(H,19,20). The summed E-state index contributed by atoms with van der Waals surface area (Å²) >= 11 is 0. The first-order chi connectivity index (χ1) is 9.29. The Morgan fingerprint density at radius 3 is 2.30 bits per heavy atom. The Morgan fingerprint density at radius 2 is 1.70 bits per heavy atom. The molecule has 1 aromatic carbocycles. The van der Waals surface area contributed by atoms with Crippen LogP contribution in [0.3, 0.4) is 0 Å². The van der Waals surface area contributed by atoms with E-state index in [2.05, 4.69) is 62.8 Å². The normalized spacial score (nSPS) is 23.0. The Kier molecular flexibility index (Phi) is 2.82. The van der Waals surface area contributed by atoms with Crippen LogP contribution in [-0.2, 0) is 10.8 Å². The van der Waals surface area contributed by atoms with Gasteiger partial charge in [-0.1, -0.05) is 46.4 Å². The van der Waals surface area contributed by atoms with Crippen molar-refractivity contribution < 1.29 is 0 Å². The van der Waals surface area contributed by atoms with Crippen LogP contribution in [0.1, 0.15) is 57.2 Å². The molecule has 20 heavy (non-hydrogen) atoms. The molecular weight excluding hydrogens is 244 g/mol. The zero-order valence-corrected chi connectivity index (χ0v) is 13.0. The van der Waals surface area contributed by atoms with Crippen molar-refractivity contribution in [2.24, 2.45) is 4.99 Å². The lowest BCUT2D eigenvalue weighted by Crippen LogP contribution is -2.34. The summed E-state index contributed by atoms with van der Waals surface area (Å²) < 4.78 is 0. The molecule has 0 spiro atoms. The summed E-state index contributed by atoms with van der Waals surface area (Å²) in [5, 5.41) is 3.28. The van der Waals surface area contributed by atoms with E-state index < -0.39 is 0 Å². The summed E-state index contributed by atoms with van der Waals surface area (Å²) in [4.78, 5) is 4.53. The number of rotatable bonds is 1. The number of benzene rings is 1. The molecule has 3 rings (SSSR count). The molecule has 1 aromatic rings. The van der Waals surface area contributed by atoms with Crippen molar-refractivity contribution in [3.05, 3.63) is 47.2 Å². The van der Waals surface area contributed by atoms with Crippen LogP contribution in [0, 0.1) is 0 Å². The van der Waals surface area contributed by atoms with Crippen LogP contribution in [-0.4, -0.2) is 12.4 Å². The molecule has 0 saturated carbocycles. The summed E-state index contributed by atoms with van der Waals surface area (Å²) in [6.07, 6.45) is 2.49. The van der Waals surface area contributed by atoms with E-state index in [4.69, 9.17) is 0 Å². The van der Waals surface area contributed by atoms with E-state index >= 15 is 0 Å². The average Bonchev–Trinajstić information content (AvgIpc) is 2.82. The van der Waals surface area contributed by atoms with Crippen LogP contribution in [0.4, 0.5) is 0 Å². The molecule has 2 heteroatoms. The van der Waals surface area contributed by atoms with Gasteiger partial charge in [0, 0.05) is 11.3 Å². The van der Waals surface area contributed by atoms with Gasteiger partial charge in [-0.15, -0.1) is 0 Å². The van der Waals surface area contributed by atoms with Gasteiger partial charge in [-0.05, 0) is 40.9 Å². The van der Waals surface area contributed by atoms with E-state index in [1.165, 1.54) is 29.5 Å². The second-order valence-corrected chi connectivity index (χ2v) is 7.42. The van der Waals surface area contributed by atoms with Crippen molar-refractivity contribution in [1.29, 1.82) is 0 Å². The monoisotopic (exact) mass is 268 g/mol. The van der Waals surface area contributed by atoms with Crippen LogP contribution in [0.5, 0.6) is 0 Å². The van der Waals surface area contributed by atoms with E-state index in [9.17, 15) is 0 Å². The van der Waals surface area contributed by atoms with Gasteiger partial charge in [0.1, 0.15) is 5.84 Å². The van der Waals surface area contributed by atoms with Gasteiger partial charge in [-0.3, -0.25) is 4.99 Å². The van der Waals surface area contributed by atoms with E-state index in [0.29, 0.717) is 6.54 Å². The highest BCUT2D eigenvalue weighted by Gasteiger charge is 2.37. The number of nitrogens with one attached hydrogen (secondary N) is 1. The van der Waals surface area contributed by atoms with E-state index in [1.54, 1.807) is 0 Å². The number of hydrogen-bond donors (Lipinski definition) is 1. The van der Waals surface area contributed by atoms with Crippen LogP contribution in [0.15, 0.2) is 35.5 Å². The van der Waals surface area contributed by atoms with Gasteiger partial charge >= 0.3 is 0 Å². The van der Waals surface area contributed by atoms with Crippen molar-refractivity contribution in [2.45, 2.75) is 51.4 Å². The first kappa shape index (κ1) is 13.4. The molecule has 0 unspecified atom stereocenters. The number of amidine groups is 1. The van der Waals surface area contributed by atoms with Crippen molar-refractivity contribution in [3.63, 3.8) is 0 Å². The maximum absolute atomic E-state index is 4.53. The van der Waals surface area contributed by atoms with Crippen LogP contribution in [0.25, 0.3) is 0 Å². The lowest BCUT2D eigenvalue weighted by atomic mass is 9.63. The van der Waals surface area contributed by atoms with E-state index in [0.717, 1.165) is 11.5 Å². The molecule has 0 aromatic heterocycles. The molecule has 1 N–H and O–H groups in total. The zero-order chi connectivity index (χ0) is 14.5. The topological polar surface area (TPSA) is 24.4 Å². The summed E-state index contributed by atoms with van der Waals surface area (Å²) in [7, 11) is 0. The first-order valence-electron chi connectivity index (χ1n) is 7.44. The van der Waals surface area contributed by atoms with E-state index in [-0.39, 0.29) is 10.8 Å². The molecule has 106 valence electrons. The molecule has 0 fully saturated rings. The Labute approximate surface area is 122 Å². The van der Waals surface area contributed by atoms with Crippen LogP contribution in [0.2, 0.25) is 0 Å². The molecule has 0 radical (unpaired) electrons. The average molecular weight is 268 g/mol. The molecule has 1 aliphatic heterocycles. The third-order valence-electron chi connectivity index (χ3n) is 4.85. The predicted octanol–water partition coefficient (Wildman–Crippen LogP) is 3.90. The Bertz CT molecular complexity index is 606. The van der Waals surface area contributed by atoms with E-state index in [1.807, 2.05) is 0 Å². The fourth-order valence-corrected chi connectivity index (χ4v) is 3.32. The first-order valence-corrected chi connectivity index (χ1v) is 7.44. The number of nitrogens with zero attached hydrogens (tertiary/aromatic N) is 1. The largest absolute Gasteiger partial charge is 0.342 e. The van der Waals surface area contributed by atoms with Gasteiger partial charge in [0.15, 0.2) is 0 Å². The van der Waals surface area contributed by atoms with Crippen molar-refractivity contribution in [2.75, 3.05) is 6.54 Å². The Balaban J connectivity index is 2.09. The Morgan fingerprint density at radius 1 is 1.05 bits per heavy atom. The lowest BCUT2D eigenvalue weighted by molar-refractivity contribution is 0.332. The molecule has 0 saturated heterocycles. The maximum atomic E-state index is 4.53. The number of hydrogen-bond acceptors (Lipinski definition) is 2. The predicted molar refractivity (Wildman–Crippen MR) is 85.4 cm³/mol. The quantitative estimate of drug-likeness (QED) is 0.820. The fraction of sp³-hybridized carbons (Fsp3) is 0.500. The highest BCUT2D eigenvalue weighted by molar-refractivity contribution is 6.01. The summed E-state index contributed by atoms with van der Waals surface area (Å²) in [5.74, 6) is 0.969. The van der Waals surface area contributed by atoms with Crippen molar-refractivity contribution in [1.82, 2.24) is 5.32 Å². The van der Waals surface area contributed by atoms with Crippen LogP contribution >= 0.6 is 0 Å². The Hall–Kier alpha value is -1.57. The molecule has 1 heterocycles. The minimum Gasteiger partial charge on any atom is -0.342 e. The zero-order valence-electron chi connectivity index (χ0n) is 13.0. The maximum Gasteiger partial charge on any atom is 0.132 e. The fourth-order valence-electron chi connectivity index (χ4n) is 3.32.